The molecule has 5 N–H and O–H groups in total. The number of thioether (sulfide) groups is 1. The molecule has 1 aliphatic heterocycles. The van der Waals surface area contributed by atoms with E-state index in [1.54, 1.807) is 6.26 Å². The van der Waals surface area contributed by atoms with E-state index in [4.69, 9.17) is 9.29 Å². The number of ether oxygens (including phenoxy) is 1. The van der Waals surface area contributed by atoms with E-state index < -0.39 is 57.7 Å². The van der Waals surface area contributed by atoms with Crippen molar-refractivity contribution in [3.05, 3.63) is 0 Å². The third-order valence-corrected chi connectivity index (χ3v) is 6.21. The summed E-state index contributed by atoms with van der Waals surface area (Å²) >= 11 is 0.754. The van der Waals surface area contributed by atoms with E-state index in [9.17, 15) is 33.1 Å². The number of oxime groups is 1. The van der Waals surface area contributed by atoms with Gasteiger partial charge in [0.05, 0.1) is 6.61 Å². The molecular weight excluding hydrogens is 438 g/mol. The van der Waals surface area contributed by atoms with Crippen LogP contribution in [0.4, 0.5) is 0 Å². The van der Waals surface area contributed by atoms with Gasteiger partial charge in [0, 0.05) is 22.8 Å². The molecule has 166 valence electrons. The number of aliphatic hydroxyl groups excluding tert-OH is 4. The first kappa shape index (κ1) is 25.7. The molecular formula is C14H27NO10S3. The number of unbranched alkanes of at least 4 members (excludes halogenated alkanes) is 3. The van der Waals surface area contributed by atoms with E-state index >= 15 is 0 Å². The summed E-state index contributed by atoms with van der Waals surface area (Å²) < 4.78 is 50.6. The van der Waals surface area contributed by atoms with Gasteiger partial charge in [0.25, 0.3) is 0 Å². The van der Waals surface area contributed by atoms with Gasteiger partial charge in [0.2, 0.25) is 0 Å². The maximum atomic E-state index is 11.0. The Morgan fingerprint density at radius 3 is 2.36 bits per heavy atom. The van der Waals surface area contributed by atoms with Crippen molar-refractivity contribution in [3.8, 4) is 0 Å². The van der Waals surface area contributed by atoms with Gasteiger partial charge < -0.3 is 25.2 Å². The third-order valence-electron chi connectivity index (χ3n) is 3.91. The average molecular weight is 466 g/mol. The highest BCUT2D eigenvalue weighted by Crippen LogP contribution is 2.30. The Kier molecular flexibility index (Phi) is 11.4. The van der Waals surface area contributed by atoms with Crippen LogP contribution < -0.4 is 0 Å². The first-order valence-electron chi connectivity index (χ1n) is 8.55. The van der Waals surface area contributed by atoms with Crippen molar-refractivity contribution in [3.63, 3.8) is 0 Å². The second kappa shape index (κ2) is 12.4. The lowest BCUT2D eigenvalue weighted by atomic mass is 10.0. The SMILES string of the molecule is CS(=O)CCCCCCC(=NOS(=O)(=O)O)S[C@@H]1O[C@H](CO)[C@@H](O)[C@H](O)[C@H]1O. The van der Waals surface area contributed by atoms with Gasteiger partial charge in [-0.15, -0.1) is 0 Å². The van der Waals surface area contributed by atoms with E-state index in [2.05, 4.69) is 9.44 Å². The number of hydrogen-bond acceptors (Lipinski definition) is 11. The van der Waals surface area contributed by atoms with Crippen LogP contribution >= 0.6 is 11.8 Å². The molecule has 1 rings (SSSR count). The number of aliphatic hydroxyl groups is 4. The average Bonchev–Trinajstić information content (AvgIpc) is 2.61. The quantitative estimate of drug-likeness (QED) is 0.0827. The zero-order valence-electron chi connectivity index (χ0n) is 15.3. The van der Waals surface area contributed by atoms with Crippen molar-refractivity contribution in [1.29, 1.82) is 0 Å². The molecule has 11 nitrogen and oxygen atoms in total. The smallest absolute Gasteiger partial charge is 0.394 e. The highest BCUT2D eigenvalue weighted by Gasteiger charge is 2.44. The predicted molar refractivity (Wildman–Crippen MR) is 103 cm³/mol. The lowest BCUT2D eigenvalue weighted by Crippen LogP contribution is -2.57. The Labute approximate surface area is 170 Å². The van der Waals surface area contributed by atoms with Gasteiger partial charge in [-0.05, 0) is 19.3 Å². The molecule has 0 aromatic heterocycles. The highest BCUT2D eigenvalue weighted by molar-refractivity contribution is 8.14. The maximum Gasteiger partial charge on any atom is 0.466 e. The highest BCUT2D eigenvalue weighted by atomic mass is 32.3. The summed E-state index contributed by atoms with van der Waals surface area (Å²) in [7, 11) is -5.69. The molecule has 0 amide bonds. The summed E-state index contributed by atoms with van der Waals surface area (Å²) in [4.78, 5) is 0. The van der Waals surface area contributed by atoms with Crippen LogP contribution in [-0.4, -0.2) is 91.1 Å². The Morgan fingerprint density at radius 1 is 1.14 bits per heavy atom. The lowest BCUT2D eigenvalue weighted by Gasteiger charge is -2.39. The first-order valence-corrected chi connectivity index (χ1v) is 12.5. The summed E-state index contributed by atoms with van der Waals surface area (Å²) in [5.74, 6) is 0.590. The molecule has 1 fully saturated rings. The van der Waals surface area contributed by atoms with Crippen LogP contribution in [0.15, 0.2) is 5.16 Å². The maximum absolute atomic E-state index is 11.0. The van der Waals surface area contributed by atoms with Crippen molar-refractivity contribution >= 4 is 38.0 Å². The monoisotopic (exact) mass is 465 g/mol. The largest absolute Gasteiger partial charge is 0.466 e. The van der Waals surface area contributed by atoms with Crippen molar-refractivity contribution in [2.24, 2.45) is 5.16 Å². The number of rotatable bonds is 11. The predicted octanol–water partition coefficient (Wildman–Crippen LogP) is -1.02. The van der Waals surface area contributed by atoms with E-state index in [-0.39, 0.29) is 11.5 Å². The molecule has 6 atom stereocenters. The summed E-state index contributed by atoms with van der Waals surface area (Å²) in [5, 5.41) is 42.3. The topological polar surface area (TPSA) is 183 Å². The molecule has 1 unspecified atom stereocenters. The van der Waals surface area contributed by atoms with Crippen LogP contribution in [0, 0.1) is 0 Å². The Morgan fingerprint density at radius 2 is 1.79 bits per heavy atom. The molecule has 0 radical (unpaired) electrons. The van der Waals surface area contributed by atoms with E-state index in [1.807, 2.05) is 0 Å². The third kappa shape index (κ3) is 9.45. The van der Waals surface area contributed by atoms with Gasteiger partial charge in [0.15, 0.2) is 0 Å². The summed E-state index contributed by atoms with van der Waals surface area (Å²) in [6.45, 7) is -0.602. The van der Waals surface area contributed by atoms with Gasteiger partial charge >= 0.3 is 10.4 Å². The molecule has 0 spiro atoms. The van der Waals surface area contributed by atoms with Crippen LogP contribution in [0.25, 0.3) is 0 Å². The normalized spacial score (nSPS) is 30.2. The summed E-state index contributed by atoms with van der Waals surface area (Å²) in [6, 6.07) is 0. The number of hydrogen-bond donors (Lipinski definition) is 5. The van der Waals surface area contributed by atoms with Crippen LogP contribution in [-0.2, 0) is 30.2 Å². The fraction of sp³-hybridized carbons (Fsp3) is 0.929. The second-order valence-electron chi connectivity index (χ2n) is 6.24. The molecule has 1 aliphatic rings. The van der Waals surface area contributed by atoms with Crippen LogP contribution in [0.5, 0.6) is 0 Å². The fourth-order valence-corrected chi connectivity index (χ4v) is 4.40. The minimum atomic E-state index is -4.82. The standard InChI is InChI=1S/C14H27NO10S3/c1-27(20)7-5-3-2-4-6-10(15-25-28(21,22)23)26-14-13(19)12(18)11(17)9(8-16)24-14/h9,11-14,16-19H,2-8H2,1H3,(H,21,22,23)/t9-,11-,12+,13-,14+,27?/m1/s1. The molecule has 0 aromatic rings. The molecule has 0 aliphatic carbocycles. The van der Waals surface area contributed by atoms with Crippen LogP contribution in [0.2, 0.25) is 0 Å². The number of nitrogens with zero attached hydrogens (tertiary/aromatic N) is 1. The molecule has 1 saturated heterocycles. The van der Waals surface area contributed by atoms with Gasteiger partial charge in [-0.1, -0.05) is 29.8 Å². The van der Waals surface area contributed by atoms with Crippen molar-refractivity contribution < 1.29 is 46.6 Å². The zero-order valence-corrected chi connectivity index (χ0v) is 17.7. The Bertz CT molecular complexity index is 627. The summed E-state index contributed by atoms with van der Waals surface area (Å²) in [6.07, 6.45) is -1.02. The molecule has 1 heterocycles. The van der Waals surface area contributed by atoms with Crippen molar-refractivity contribution in [2.75, 3.05) is 18.6 Å². The summed E-state index contributed by atoms with van der Waals surface area (Å²) in [5.41, 5.74) is -1.15. The Balaban J connectivity index is 2.70. The van der Waals surface area contributed by atoms with Gasteiger partial charge in [-0.2, -0.15) is 8.42 Å². The van der Waals surface area contributed by atoms with Gasteiger partial charge in [-0.25, -0.2) is 4.28 Å². The fourth-order valence-electron chi connectivity index (χ4n) is 2.45. The second-order valence-corrected chi connectivity index (χ2v) is 9.97. The minimum absolute atomic E-state index is 0.0704. The van der Waals surface area contributed by atoms with Gasteiger partial charge in [-0.3, -0.25) is 8.76 Å². The first-order chi connectivity index (χ1) is 13.0. The molecule has 0 bridgehead atoms. The van der Waals surface area contributed by atoms with E-state index in [0.29, 0.717) is 12.2 Å². The molecule has 28 heavy (non-hydrogen) atoms. The lowest BCUT2D eigenvalue weighted by molar-refractivity contribution is -0.205. The minimum Gasteiger partial charge on any atom is -0.394 e. The van der Waals surface area contributed by atoms with E-state index in [1.165, 1.54) is 0 Å². The molecule has 0 saturated carbocycles. The van der Waals surface area contributed by atoms with Crippen molar-refractivity contribution in [2.45, 2.75) is 62.0 Å². The van der Waals surface area contributed by atoms with Crippen molar-refractivity contribution in [1.82, 2.24) is 0 Å². The zero-order chi connectivity index (χ0) is 21.3. The van der Waals surface area contributed by atoms with Gasteiger partial charge in [0.1, 0.15) is 34.9 Å². The van der Waals surface area contributed by atoms with Crippen LogP contribution in [0.3, 0.4) is 0 Å². The molecule has 0 aromatic carbocycles. The van der Waals surface area contributed by atoms with E-state index in [0.717, 1.165) is 31.0 Å². The Hall–Kier alpha value is -0.320. The molecule has 14 heteroatoms. The van der Waals surface area contributed by atoms with Crippen LogP contribution in [0.1, 0.15) is 32.1 Å².